The summed E-state index contributed by atoms with van der Waals surface area (Å²) in [6.07, 6.45) is -3.48. The molecule has 158 valence electrons. The Balaban J connectivity index is 1.88. The van der Waals surface area contributed by atoms with Gasteiger partial charge >= 0.3 is 12.1 Å². The monoisotopic (exact) mass is 438 g/mol. The molecule has 0 unspecified atom stereocenters. The van der Waals surface area contributed by atoms with E-state index in [1.165, 1.54) is 19.9 Å². The Morgan fingerprint density at radius 2 is 1.87 bits per heavy atom. The van der Waals surface area contributed by atoms with Gasteiger partial charge in [0.15, 0.2) is 5.75 Å². The first-order chi connectivity index (χ1) is 14.0. The van der Waals surface area contributed by atoms with E-state index in [2.05, 4.69) is 10.3 Å². The Labute approximate surface area is 173 Å². The van der Waals surface area contributed by atoms with Gasteiger partial charge in [0, 0.05) is 21.8 Å². The van der Waals surface area contributed by atoms with Crippen molar-refractivity contribution in [2.75, 3.05) is 0 Å². The number of carboxylic acid groups (broad SMARTS) is 1. The molecular weight excluding hydrogens is 421 g/mol. The quantitative estimate of drug-likeness (QED) is 0.592. The molecule has 2 heterocycles. The number of thiophene rings is 1. The normalized spacial score (nSPS) is 12.0. The maximum absolute atomic E-state index is 12.7. The van der Waals surface area contributed by atoms with E-state index in [0.717, 1.165) is 28.3 Å². The van der Waals surface area contributed by atoms with Gasteiger partial charge in [0.1, 0.15) is 22.7 Å². The predicted octanol–water partition coefficient (Wildman–Crippen LogP) is 4.49. The molecule has 0 radical (unpaired) electrons. The van der Waals surface area contributed by atoms with Gasteiger partial charge in [-0.2, -0.15) is 13.2 Å². The zero-order chi connectivity index (χ0) is 22.1. The topological polar surface area (TPSA) is 88.5 Å². The summed E-state index contributed by atoms with van der Waals surface area (Å²) in [5.41, 5.74) is -2.12. The maximum Gasteiger partial charge on any atom is 0.433 e. The molecule has 6 nitrogen and oxygen atoms in total. The summed E-state index contributed by atoms with van der Waals surface area (Å²) < 4.78 is 44.5. The number of nitrogens with zero attached hydrogens (tertiary/aromatic N) is 1. The zero-order valence-electron chi connectivity index (χ0n) is 15.9. The fourth-order valence-corrected chi connectivity index (χ4v) is 3.58. The number of alkyl halides is 3. The molecule has 3 rings (SSSR count). The van der Waals surface area contributed by atoms with E-state index in [0.29, 0.717) is 10.9 Å². The molecular formula is C20H17F3N2O4S. The number of rotatable bonds is 6. The third-order valence-corrected chi connectivity index (χ3v) is 5.37. The fourth-order valence-electron chi connectivity index (χ4n) is 2.54. The Morgan fingerprint density at radius 3 is 2.47 bits per heavy atom. The highest BCUT2D eigenvalue weighted by Gasteiger charge is 2.33. The van der Waals surface area contributed by atoms with Gasteiger partial charge in [0.2, 0.25) is 0 Å². The van der Waals surface area contributed by atoms with Crippen LogP contribution in [0.25, 0.3) is 10.1 Å². The summed E-state index contributed by atoms with van der Waals surface area (Å²) in [7, 11) is 0. The molecule has 0 fully saturated rings. The molecule has 10 heteroatoms. The second kappa shape index (κ2) is 7.94. The molecule has 2 aromatic heterocycles. The first-order valence-corrected chi connectivity index (χ1v) is 9.53. The number of aliphatic carboxylic acids is 1. The molecule has 0 atom stereocenters. The molecule has 0 saturated carbocycles. The molecule has 0 spiro atoms. The lowest BCUT2D eigenvalue weighted by Gasteiger charge is -2.20. The Hall–Kier alpha value is -3.14. The van der Waals surface area contributed by atoms with Crippen molar-refractivity contribution in [1.29, 1.82) is 0 Å². The van der Waals surface area contributed by atoms with Crippen LogP contribution in [0.3, 0.4) is 0 Å². The average molecular weight is 438 g/mol. The summed E-state index contributed by atoms with van der Waals surface area (Å²) in [4.78, 5) is 27.6. The molecule has 30 heavy (non-hydrogen) atoms. The molecule has 2 N–H and O–H groups in total. The lowest BCUT2D eigenvalue weighted by atomic mass is 10.1. The van der Waals surface area contributed by atoms with Crippen molar-refractivity contribution < 1.29 is 32.6 Å². The van der Waals surface area contributed by atoms with Crippen molar-refractivity contribution in [2.45, 2.75) is 32.2 Å². The molecule has 1 aromatic carbocycles. The van der Waals surface area contributed by atoms with Crippen molar-refractivity contribution in [3.63, 3.8) is 0 Å². The van der Waals surface area contributed by atoms with E-state index in [9.17, 15) is 27.9 Å². The van der Waals surface area contributed by atoms with Crippen LogP contribution in [0, 0.1) is 0 Å². The Bertz CT molecular complexity index is 1090. The van der Waals surface area contributed by atoms with Gasteiger partial charge in [0.05, 0.1) is 0 Å². The largest absolute Gasteiger partial charge is 0.486 e. The minimum atomic E-state index is -4.54. The molecule has 0 bridgehead atoms. The van der Waals surface area contributed by atoms with Crippen LogP contribution in [0.1, 0.15) is 34.8 Å². The van der Waals surface area contributed by atoms with Gasteiger partial charge in [-0.1, -0.05) is 18.2 Å². The van der Waals surface area contributed by atoms with Crippen LogP contribution in [0.4, 0.5) is 13.2 Å². The van der Waals surface area contributed by atoms with Crippen LogP contribution >= 0.6 is 11.3 Å². The van der Waals surface area contributed by atoms with Crippen molar-refractivity contribution in [2.24, 2.45) is 0 Å². The highest BCUT2D eigenvalue weighted by Crippen LogP contribution is 2.38. The Kier molecular flexibility index (Phi) is 5.71. The lowest BCUT2D eigenvalue weighted by molar-refractivity contribution is -0.143. The van der Waals surface area contributed by atoms with Crippen LogP contribution in [-0.2, 0) is 17.6 Å². The van der Waals surface area contributed by atoms with Gasteiger partial charge in [-0.3, -0.25) is 9.78 Å². The number of hydrogen-bond acceptors (Lipinski definition) is 5. The summed E-state index contributed by atoms with van der Waals surface area (Å²) in [6, 6.07) is 9.16. The maximum atomic E-state index is 12.7. The van der Waals surface area contributed by atoms with E-state index < -0.39 is 29.3 Å². The number of carboxylic acids is 1. The smallest absolute Gasteiger partial charge is 0.433 e. The zero-order valence-corrected chi connectivity index (χ0v) is 16.7. The van der Waals surface area contributed by atoms with E-state index in [-0.39, 0.29) is 17.2 Å². The number of pyridine rings is 1. The summed E-state index contributed by atoms with van der Waals surface area (Å²) in [5, 5.41) is 12.3. The number of carbonyl (C=O) groups is 2. The van der Waals surface area contributed by atoms with E-state index in [1.54, 1.807) is 24.3 Å². The first-order valence-electron chi connectivity index (χ1n) is 8.71. The van der Waals surface area contributed by atoms with Crippen LogP contribution in [-0.4, -0.2) is 27.5 Å². The second-order valence-electron chi connectivity index (χ2n) is 6.98. The second-order valence-corrected chi connectivity index (χ2v) is 8.03. The predicted molar refractivity (Wildman–Crippen MR) is 105 cm³/mol. The minimum Gasteiger partial charge on any atom is -0.486 e. The SMILES string of the molecule is CC(C)(NC(=O)c1sc2ccccc2c1OCc1ccc(C(F)(F)F)nc1)C(=O)O. The van der Waals surface area contributed by atoms with E-state index in [1.807, 2.05) is 0 Å². The molecule has 0 saturated heterocycles. The summed E-state index contributed by atoms with van der Waals surface area (Å²) in [6.45, 7) is 2.60. The van der Waals surface area contributed by atoms with Crippen LogP contribution in [0.5, 0.6) is 5.75 Å². The average Bonchev–Trinajstić information content (AvgIpc) is 3.04. The number of carbonyl (C=O) groups excluding carboxylic acids is 1. The molecule has 0 aliphatic rings. The number of nitrogens with one attached hydrogen (secondary N) is 1. The highest BCUT2D eigenvalue weighted by atomic mass is 32.1. The minimum absolute atomic E-state index is 0.117. The number of ether oxygens (including phenoxy) is 1. The van der Waals surface area contributed by atoms with Crippen molar-refractivity contribution in [3.8, 4) is 5.75 Å². The van der Waals surface area contributed by atoms with Crippen LogP contribution in [0.15, 0.2) is 42.6 Å². The third-order valence-electron chi connectivity index (χ3n) is 4.22. The van der Waals surface area contributed by atoms with Gasteiger partial charge < -0.3 is 15.2 Å². The van der Waals surface area contributed by atoms with Crippen molar-refractivity contribution in [1.82, 2.24) is 10.3 Å². The number of aromatic nitrogens is 1. The lowest BCUT2D eigenvalue weighted by Crippen LogP contribution is -2.49. The number of halogens is 3. The highest BCUT2D eigenvalue weighted by molar-refractivity contribution is 7.21. The Morgan fingerprint density at radius 1 is 1.17 bits per heavy atom. The summed E-state index contributed by atoms with van der Waals surface area (Å²) in [5.74, 6) is -1.59. The van der Waals surface area contributed by atoms with Gasteiger partial charge in [0.25, 0.3) is 5.91 Å². The van der Waals surface area contributed by atoms with Crippen molar-refractivity contribution in [3.05, 3.63) is 58.7 Å². The fraction of sp³-hybridized carbons (Fsp3) is 0.250. The molecule has 3 aromatic rings. The number of fused-ring (bicyclic) bond motifs is 1. The van der Waals surface area contributed by atoms with Crippen LogP contribution < -0.4 is 10.1 Å². The van der Waals surface area contributed by atoms with Crippen molar-refractivity contribution >= 4 is 33.3 Å². The first kappa shape index (κ1) is 21.6. The molecule has 1 amide bonds. The van der Waals surface area contributed by atoms with Crippen LogP contribution in [0.2, 0.25) is 0 Å². The number of amides is 1. The number of benzene rings is 1. The number of hydrogen-bond donors (Lipinski definition) is 2. The van der Waals surface area contributed by atoms with E-state index in [4.69, 9.17) is 4.74 Å². The van der Waals surface area contributed by atoms with E-state index >= 15 is 0 Å². The molecule has 0 aliphatic heterocycles. The summed E-state index contributed by atoms with van der Waals surface area (Å²) >= 11 is 1.13. The third kappa shape index (κ3) is 4.54. The van der Waals surface area contributed by atoms with Gasteiger partial charge in [-0.15, -0.1) is 11.3 Å². The standard InChI is InChI=1S/C20H17F3N2O4S/c1-19(2,18(27)28)25-17(26)16-15(12-5-3-4-6-13(12)30-16)29-10-11-7-8-14(24-9-11)20(21,22)23/h3-9H,10H2,1-2H3,(H,25,26)(H,27,28). The van der Waals surface area contributed by atoms with Gasteiger partial charge in [-0.25, -0.2) is 4.79 Å². The van der Waals surface area contributed by atoms with Gasteiger partial charge in [-0.05, 0) is 32.0 Å². The molecule has 0 aliphatic carbocycles.